The molecule has 1 amide bonds. The molecule has 5 rings (SSSR count). The number of carbonyl (C=O) groups excluding carboxylic acids is 1. The van der Waals surface area contributed by atoms with Gasteiger partial charge in [0.05, 0.1) is 24.5 Å². The molecular weight excluding hydrogens is 518 g/mol. The molecule has 1 fully saturated rings. The third-order valence-electron chi connectivity index (χ3n) is 7.34. The lowest BCUT2D eigenvalue weighted by atomic mass is 9.95. The van der Waals surface area contributed by atoms with Crippen LogP contribution in [0.3, 0.4) is 0 Å². The minimum atomic E-state index is -0.537. The largest absolute Gasteiger partial charge is 0.494 e. The number of anilines is 2. The van der Waals surface area contributed by atoms with Gasteiger partial charge in [0.1, 0.15) is 11.8 Å². The molecular formula is C32H35N5O2S. The zero-order chi connectivity index (χ0) is 28.6. The second-order valence-electron chi connectivity index (χ2n) is 11.2. The third kappa shape index (κ3) is 5.19. The highest BCUT2D eigenvalue weighted by Gasteiger charge is 2.42. The first kappa shape index (κ1) is 27.4. The monoisotopic (exact) mass is 553 g/mol. The lowest BCUT2D eigenvalue weighted by Crippen LogP contribution is -2.30. The van der Waals surface area contributed by atoms with E-state index in [0.29, 0.717) is 16.5 Å². The fourth-order valence-corrected chi connectivity index (χ4v) is 5.27. The topological polar surface area (TPSA) is 71.4 Å². The lowest BCUT2D eigenvalue weighted by molar-refractivity contribution is -0.123. The number of methoxy groups -OCH3 is 1. The SMILES string of the molecule is COc1cc(N2C(=S)N[C@H](c3ccccn3)[C@H]2c2cccn2-c2ccc(C)c(C)c2)ccc1NC(=O)C(C)(C)C. The Morgan fingerprint density at radius 3 is 2.45 bits per heavy atom. The maximum absolute atomic E-state index is 12.7. The number of benzene rings is 2. The first-order valence-electron chi connectivity index (χ1n) is 13.3. The van der Waals surface area contributed by atoms with Crippen molar-refractivity contribution in [3.8, 4) is 11.4 Å². The minimum absolute atomic E-state index is 0.0868. The molecule has 2 aromatic heterocycles. The van der Waals surface area contributed by atoms with E-state index >= 15 is 0 Å². The van der Waals surface area contributed by atoms with Crippen molar-refractivity contribution in [3.63, 3.8) is 0 Å². The van der Waals surface area contributed by atoms with Gasteiger partial charge >= 0.3 is 0 Å². The van der Waals surface area contributed by atoms with Crippen molar-refractivity contribution in [2.45, 2.75) is 46.7 Å². The van der Waals surface area contributed by atoms with Gasteiger partial charge in [0.25, 0.3) is 0 Å². The molecule has 206 valence electrons. The van der Waals surface area contributed by atoms with Crippen LogP contribution < -0.4 is 20.3 Å². The van der Waals surface area contributed by atoms with Crippen LogP contribution >= 0.6 is 12.2 Å². The van der Waals surface area contributed by atoms with E-state index in [0.717, 1.165) is 22.8 Å². The highest BCUT2D eigenvalue weighted by Crippen LogP contribution is 2.44. The van der Waals surface area contributed by atoms with Gasteiger partial charge < -0.3 is 24.8 Å². The molecule has 0 saturated carbocycles. The van der Waals surface area contributed by atoms with Crippen LogP contribution in [-0.2, 0) is 4.79 Å². The summed E-state index contributed by atoms with van der Waals surface area (Å²) in [6.45, 7) is 9.89. The maximum atomic E-state index is 12.7. The van der Waals surface area contributed by atoms with E-state index in [-0.39, 0.29) is 18.0 Å². The summed E-state index contributed by atoms with van der Waals surface area (Å²) in [5, 5.41) is 7.12. The zero-order valence-corrected chi connectivity index (χ0v) is 24.5. The fraction of sp³-hybridized carbons (Fsp3) is 0.281. The Morgan fingerprint density at radius 2 is 1.77 bits per heavy atom. The fourth-order valence-electron chi connectivity index (χ4n) is 4.92. The number of ether oxygens (including phenoxy) is 1. The van der Waals surface area contributed by atoms with Crippen LogP contribution in [0.4, 0.5) is 11.4 Å². The molecule has 0 radical (unpaired) electrons. The Kier molecular flexibility index (Phi) is 7.38. The first-order valence-corrected chi connectivity index (χ1v) is 13.7. The average Bonchev–Trinajstić information content (AvgIpc) is 3.54. The molecule has 4 aromatic rings. The Bertz CT molecular complexity index is 1560. The number of amides is 1. The molecule has 2 aromatic carbocycles. The normalized spacial score (nSPS) is 17.1. The summed E-state index contributed by atoms with van der Waals surface area (Å²) in [4.78, 5) is 19.5. The number of nitrogens with zero attached hydrogens (tertiary/aromatic N) is 3. The molecule has 0 aliphatic carbocycles. The van der Waals surface area contributed by atoms with E-state index < -0.39 is 5.41 Å². The van der Waals surface area contributed by atoms with Crippen LogP contribution in [0.15, 0.2) is 79.1 Å². The summed E-state index contributed by atoms with van der Waals surface area (Å²) < 4.78 is 7.94. The summed E-state index contributed by atoms with van der Waals surface area (Å²) in [5.74, 6) is 0.471. The molecule has 7 nitrogen and oxygen atoms in total. The van der Waals surface area contributed by atoms with Crippen molar-refractivity contribution in [1.82, 2.24) is 14.9 Å². The number of carbonyl (C=O) groups is 1. The van der Waals surface area contributed by atoms with E-state index in [1.807, 2.05) is 57.2 Å². The predicted octanol–water partition coefficient (Wildman–Crippen LogP) is 6.66. The van der Waals surface area contributed by atoms with E-state index in [1.54, 1.807) is 13.3 Å². The second-order valence-corrected chi connectivity index (χ2v) is 11.5. The van der Waals surface area contributed by atoms with Crippen molar-refractivity contribution in [1.29, 1.82) is 0 Å². The van der Waals surface area contributed by atoms with Gasteiger partial charge in [0, 0.05) is 40.9 Å². The van der Waals surface area contributed by atoms with Crippen molar-refractivity contribution in [3.05, 3.63) is 102 Å². The van der Waals surface area contributed by atoms with Crippen molar-refractivity contribution < 1.29 is 9.53 Å². The van der Waals surface area contributed by atoms with E-state index in [4.69, 9.17) is 17.0 Å². The molecule has 2 N–H and O–H groups in total. The molecule has 0 unspecified atom stereocenters. The minimum Gasteiger partial charge on any atom is -0.494 e. The summed E-state index contributed by atoms with van der Waals surface area (Å²) >= 11 is 5.95. The number of nitrogens with one attached hydrogen (secondary N) is 2. The van der Waals surface area contributed by atoms with Gasteiger partial charge in [-0.3, -0.25) is 9.78 Å². The molecule has 1 aliphatic heterocycles. The molecule has 0 spiro atoms. The molecule has 1 aliphatic rings. The molecule has 3 heterocycles. The number of hydrogen-bond donors (Lipinski definition) is 2. The standard InChI is InChI=1S/C32H35N5O2S/c1-20-12-13-22(18-21(20)2)36-17-9-11-26(36)29-28(25-10-7-8-16-33-25)35-31(40)37(29)23-14-15-24(27(19-23)39-6)34-30(38)32(3,4)5/h7-19,28-29H,1-6H3,(H,34,38)(H,35,40)/t28-,29-/m1/s1. The van der Waals surface area contributed by atoms with E-state index in [2.05, 4.69) is 75.5 Å². The number of pyridine rings is 1. The molecule has 0 bridgehead atoms. The summed E-state index contributed by atoms with van der Waals surface area (Å²) in [7, 11) is 1.60. The first-order chi connectivity index (χ1) is 19.1. The van der Waals surface area contributed by atoms with Gasteiger partial charge in [0.15, 0.2) is 5.11 Å². The van der Waals surface area contributed by atoms with Crippen LogP contribution in [0.5, 0.6) is 5.75 Å². The van der Waals surface area contributed by atoms with Gasteiger partial charge in [-0.15, -0.1) is 0 Å². The van der Waals surface area contributed by atoms with E-state index in [1.165, 1.54) is 11.1 Å². The Hall–Kier alpha value is -4.17. The Balaban J connectivity index is 1.61. The molecule has 8 heteroatoms. The predicted molar refractivity (Wildman–Crippen MR) is 164 cm³/mol. The lowest BCUT2D eigenvalue weighted by Gasteiger charge is -2.29. The molecule has 2 atom stereocenters. The average molecular weight is 554 g/mol. The Morgan fingerprint density at radius 1 is 1.00 bits per heavy atom. The van der Waals surface area contributed by atoms with Crippen LogP contribution in [0.2, 0.25) is 0 Å². The number of aromatic nitrogens is 2. The third-order valence-corrected chi connectivity index (χ3v) is 7.66. The van der Waals surface area contributed by atoms with Gasteiger partial charge in [0.2, 0.25) is 5.91 Å². The summed E-state index contributed by atoms with van der Waals surface area (Å²) in [6.07, 6.45) is 3.89. The Labute approximate surface area is 241 Å². The van der Waals surface area contributed by atoms with Crippen molar-refractivity contribution in [2.24, 2.45) is 5.41 Å². The highest BCUT2D eigenvalue weighted by atomic mass is 32.1. The van der Waals surface area contributed by atoms with Crippen LogP contribution in [-0.4, -0.2) is 27.7 Å². The van der Waals surface area contributed by atoms with Crippen molar-refractivity contribution >= 4 is 34.6 Å². The van der Waals surface area contributed by atoms with Crippen molar-refractivity contribution in [2.75, 3.05) is 17.3 Å². The molecule has 40 heavy (non-hydrogen) atoms. The van der Waals surface area contributed by atoms with Crippen LogP contribution in [0, 0.1) is 19.3 Å². The summed E-state index contributed by atoms with van der Waals surface area (Å²) in [5.41, 5.74) is 6.44. The quantitative estimate of drug-likeness (QED) is 0.260. The smallest absolute Gasteiger partial charge is 0.229 e. The summed E-state index contributed by atoms with van der Waals surface area (Å²) in [6, 6.07) is 22.0. The zero-order valence-electron chi connectivity index (χ0n) is 23.7. The van der Waals surface area contributed by atoms with Gasteiger partial charge in [-0.05, 0) is 85.7 Å². The van der Waals surface area contributed by atoms with Crippen LogP contribution in [0.25, 0.3) is 5.69 Å². The number of aryl methyl sites for hydroxylation is 2. The number of rotatable bonds is 6. The van der Waals surface area contributed by atoms with Gasteiger partial charge in [-0.2, -0.15) is 0 Å². The van der Waals surface area contributed by atoms with Gasteiger partial charge in [-0.25, -0.2) is 0 Å². The highest BCUT2D eigenvalue weighted by molar-refractivity contribution is 7.80. The van der Waals surface area contributed by atoms with Crippen LogP contribution in [0.1, 0.15) is 55.4 Å². The van der Waals surface area contributed by atoms with Gasteiger partial charge in [-0.1, -0.05) is 32.9 Å². The number of hydrogen-bond acceptors (Lipinski definition) is 4. The molecule has 1 saturated heterocycles. The van der Waals surface area contributed by atoms with E-state index in [9.17, 15) is 4.79 Å². The number of thiocarbonyl (C=S) groups is 1. The second kappa shape index (κ2) is 10.8. The maximum Gasteiger partial charge on any atom is 0.229 e.